The molecule has 0 aromatic heterocycles. The zero-order valence-corrected chi connectivity index (χ0v) is 14.8. The highest BCUT2D eigenvalue weighted by Crippen LogP contribution is 2.14. The van der Waals surface area contributed by atoms with Crippen LogP contribution in [0, 0.1) is 0 Å². The third-order valence-corrected chi connectivity index (χ3v) is 3.46. The first-order chi connectivity index (χ1) is 12.4. The number of benzene rings is 2. The molecule has 136 valence electrons. The molecule has 0 saturated heterocycles. The lowest BCUT2D eigenvalue weighted by atomic mass is 10.2. The van der Waals surface area contributed by atoms with Crippen LogP contribution in [0.25, 0.3) is 0 Å². The van der Waals surface area contributed by atoms with Crippen LogP contribution in [0.15, 0.2) is 48.5 Å². The van der Waals surface area contributed by atoms with E-state index in [2.05, 4.69) is 5.32 Å². The first-order valence-electron chi connectivity index (χ1n) is 7.83. The summed E-state index contributed by atoms with van der Waals surface area (Å²) in [4.78, 5) is 37.1. The summed E-state index contributed by atoms with van der Waals surface area (Å²) in [5.41, 5.74) is 1.31. The van der Waals surface area contributed by atoms with E-state index in [9.17, 15) is 14.4 Å². The van der Waals surface area contributed by atoms with Crippen LogP contribution in [0.3, 0.4) is 0 Å². The Morgan fingerprint density at radius 1 is 1.00 bits per heavy atom. The highest BCUT2D eigenvalue weighted by molar-refractivity contribution is 5.97. The Hall–Kier alpha value is -3.35. The predicted octanol–water partition coefficient (Wildman–Crippen LogP) is 2.19. The van der Waals surface area contributed by atoms with E-state index in [0.717, 1.165) is 0 Å². The maximum absolute atomic E-state index is 12.0. The first kappa shape index (κ1) is 19.0. The Kier molecular flexibility index (Phi) is 6.32. The van der Waals surface area contributed by atoms with E-state index in [-0.39, 0.29) is 5.91 Å². The highest BCUT2D eigenvalue weighted by atomic mass is 16.5. The van der Waals surface area contributed by atoms with E-state index >= 15 is 0 Å². The molecule has 7 nitrogen and oxygen atoms in total. The minimum Gasteiger partial charge on any atom is -0.497 e. The van der Waals surface area contributed by atoms with Gasteiger partial charge >= 0.3 is 5.97 Å². The summed E-state index contributed by atoms with van der Waals surface area (Å²) in [7, 11) is 4.82. The molecule has 0 fully saturated rings. The molecule has 2 rings (SSSR count). The van der Waals surface area contributed by atoms with E-state index in [1.54, 1.807) is 56.6 Å². The topological polar surface area (TPSA) is 84.9 Å². The van der Waals surface area contributed by atoms with Crippen LogP contribution in [-0.2, 0) is 9.53 Å². The summed E-state index contributed by atoms with van der Waals surface area (Å²) in [5, 5.41) is 2.60. The van der Waals surface area contributed by atoms with Crippen molar-refractivity contribution in [3.05, 3.63) is 59.7 Å². The highest BCUT2D eigenvalue weighted by Gasteiger charge is 2.12. The fourth-order valence-electron chi connectivity index (χ4n) is 2.12. The maximum Gasteiger partial charge on any atom is 0.338 e. The number of anilines is 1. The molecule has 0 unspecified atom stereocenters. The monoisotopic (exact) mass is 356 g/mol. The van der Waals surface area contributed by atoms with Gasteiger partial charge in [-0.05, 0) is 42.5 Å². The van der Waals surface area contributed by atoms with Gasteiger partial charge in [-0.15, -0.1) is 0 Å². The van der Waals surface area contributed by atoms with E-state index in [1.165, 1.54) is 18.1 Å². The number of hydrogen-bond acceptors (Lipinski definition) is 5. The second kappa shape index (κ2) is 8.66. The van der Waals surface area contributed by atoms with Crippen molar-refractivity contribution in [3.8, 4) is 5.75 Å². The van der Waals surface area contributed by atoms with Crippen molar-refractivity contribution in [2.45, 2.75) is 0 Å². The predicted molar refractivity (Wildman–Crippen MR) is 96.4 cm³/mol. The number of ether oxygens (including phenoxy) is 2. The molecule has 2 aromatic carbocycles. The Morgan fingerprint density at radius 3 is 2.31 bits per heavy atom. The Bertz CT molecular complexity index is 800. The summed E-state index contributed by atoms with van der Waals surface area (Å²) in [6.45, 7) is -0.422. The molecule has 0 aliphatic heterocycles. The molecule has 0 saturated carbocycles. The van der Waals surface area contributed by atoms with Crippen LogP contribution in [0.2, 0.25) is 0 Å². The molecule has 0 atom stereocenters. The molecule has 0 aliphatic rings. The summed E-state index contributed by atoms with van der Waals surface area (Å²) < 4.78 is 10.0. The standard InChI is InChI=1S/C19H20N2O5/c1-21(2)18(23)13-7-9-15(10-8-13)20-17(22)12-26-19(24)14-5-4-6-16(11-14)25-3/h4-11H,12H2,1-3H3,(H,20,22). The van der Waals surface area contributed by atoms with Crippen molar-refractivity contribution in [1.82, 2.24) is 4.90 Å². The Balaban J connectivity index is 1.88. The van der Waals surface area contributed by atoms with Crippen molar-refractivity contribution >= 4 is 23.5 Å². The van der Waals surface area contributed by atoms with Crippen LogP contribution in [0.5, 0.6) is 5.75 Å². The van der Waals surface area contributed by atoms with Gasteiger partial charge in [0.1, 0.15) is 5.75 Å². The molecule has 2 aromatic rings. The second-order valence-electron chi connectivity index (χ2n) is 5.63. The summed E-state index contributed by atoms with van der Waals surface area (Å²) in [6, 6.07) is 12.9. The van der Waals surface area contributed by atoms with Crippen LogP contribution in [0.1, 0.15) is 20.7 Å². The second-order valence-corrected chi connectivity index (χ2v) is 5.63. The molecule has 0 heterocycles. The van der Waals surface area contributed by atoms with E-state index in [0.29, 0.717) is 22.6 Å². The number of carbonyl (C=O) groups is 3. The van der Waals surface area contributed by atoms with Gasteiger partial charge in [0, 0.05) is 25.3 Å². The van der Waals surface area contributed by atoms with Crippen LogP contribution < -0.4 is 10.1 Å². The van der Waals surface area contributed by atoms with Gasteiger partial charge in [0.05, 0.1) is 12.7 Å². The molecule has 0 spiro atoms. The number of carbonyl (C=O) groups excluding carboxylic acids is 3. The van der Waals surface area contributed by atoms with Crippen LogP contribution >= 0.6 is 0 Å². The smallest absolute Gasteiger partial charge is 0.338 e. The van der Waals surface area contributed by atoms with Gasteiger partial charge in [-0.3, -0.25) is 9.59 Å². The lowest BCUT2D eigenvalue weighted by Gasteiger charge is -2.11. The number of amides is 2. The molecule has 0 aliphatic carbocycles. The zero-order valence-electron chi connectivity index (χ0n) is 14.8. The fraction of sp³-hybridized carbons (Fsp3) is 0.211. The fourth-order valence-corrected chi connectivity index (χ4v) is 2.12. The quantitative estimate of drug-likeness (QED) is 0.802. The van der Waals surface area contributed by atoms with Crippen molar-refractivity contribution < 1.29 is 23.9 Å². The van der Waals surface area contributed by atoms with E-state index in [1.807, 2.05) is 0 Å². The van der Waals surface area contributed by atoms with Gasteiger partial charge in [0.15, 0.2) is 6.61 Å². The number of rotatable bonds is 6. The lowest BCUT2D eigenvalue weighted by molar-refractivity contribution is -0.119. The van der Waals surface area contributed by atoms with Crippen LogP contribution in [0.4, 0.5) is 5.69 Å². The van der Waals surface area contributed by atoms with Gasteiger partial charge in [-0.25, -0.2) is 4.79 Å². The third kappa shape index (κ3) is 5.07. The maximum atomic E-state index is 12.0. The number of nitrogens with one attached hydrogen (secondary N) is 1. The molecule has 26 heavy (non-hydrogen) atoms. The molecule has 1 N–H and O–H groups in total. The SMILES string of the molecule is COc1cccc(C(=O)OCC(=O)Nc2ccc(C(=O)N(C)C)cc2)c1. The van der Waals surface area contributed by atoms with Crippen LogP contribution in [-0.4, -0.2) is 50.5 Å². The van der Waals surface area contributed by atoms with Gasteiger partial charge < -0.3 is 19.7 Å². The van der Waals surface area contributed by atoms with E-state index < -0.39 is 18.5 Å². The molecule has 0 bridgehead atoms. The molecular weight excluding hydrogens is 336 g/mol. The molecule has 7 heteroatoms. The average Bonchev–Trinajstić information content (AvgIpc) is 2.66. The van der Waals surface area contributed by atoms with Crippen molar-refractivity contribution in [2.24, 2.45) is 0 Å². The zero-order chi connectivity index (χ0) is 19.1. The number of methoxy groups -OCH3 is 1. The van der Waals surface area contributed by atoms with Crippen molar-refractivity contribution in [3.63, 3.8) is 0 Å². The molecular formula is C19H20N2O5. The van der Waals surface area contributed by atoms with Crippen molar-refractivity contribution in [1.29, 1.82) is 0 Å². The number of hydrogen-bond donors (Lipinski definition) is 1. The third-order valence-electron chi connectivity index (χ3n) is 3.46. The van der Waals surface area contributed by atoms with E-state index in [4.69, 9.17) is 9.47 Å². The summed E-state index contributed by atoms with van der Waals surface area (Å²) in [6.07, 6.45) is 0. The summed E-state index contributed by atoms with van der Waals surface area (Å²) in [5.74, 6) is -0.703. The first-order valence-corrected chi connectivity index (χ1v) is 7.83. The minimum atomic E-state index is -0.619. The normalized spacial score (nSPS) is 9.96. The largest absolute Gasteiger partial charge is 0.497 e. The Labute approximate surface area is 151 Å². The van der Waals surface area contributed by atoms with Gasteiger partial charge in [-0.1, -0.05) is 6.07 Å². The number of nitrogens with zero attached hydrogens (tertiary/aromatic N) is 1. The average molecular weight is 356 g/mol. The van der Waals surface area contributed by atoms with Gasteiger partial charge in [0.25, 0.3) is 11.8 Å². The van der Waals surface area contributed by atoms with Gasteiger partial charge in [-0.2, -0.15) is 0 Å². The summed E-state index contributed by atoms with van der Waals surface area (Å²) >= 11 is 0. The number of esters is 1. The minimum absolute atomic E-state index is 0.130. The lowest BCUT2D eigenvalue weighted by Crippen LogP contribution is -2.22. The molecule has 2 amide bonds. The van der Waals surface area contributed by atoms with Gasteiger partial charge in [0.2, 0.25) is 0 Å². The molecule has 0 radical (unpaired) electrons. The Morgan fingerprint density at radius 2 is 1.69 bits per heavy atom. The van der Waals surface area contributed by atoms with Crippen molar-refractivity contribution in [2.75, 3.05) is 33.1 Å².